The monoisotopic (exact) mass is 286 g/mol. The predicted octanol–water partition coefficient (Wildman–Crippen LogP) is 3.02. The number of esters is 1. The maximum Gasteiger partial charge on any atom is 0.360 e. The van der Waals surface area contributed by atoms with Gasteiger partial charge < -0.3 is 10.1 Å². The summed E-state index contributed by atoms with van der Waals surface area (Å²) in [5.41, 5.74) is 2.12. The highest BCUT2D eigenvalue weighted by molar-refractivity contribution is 7.99. The lowest BCUT2D eigenvalue weighted by Crippen LogP contribution is -2.26. The molecule has 0 aliphatic heterocycles. The minimum atomic E-state index is -0.333. The Morgan fingerprint density at radius 3 is 3.22 bits per heavy atom. The van der Waals surface area contributed by atoms with Crippen LogP contribution in [0.1, 0.15) is 36.7 Å². The third-order valence-electron chi connectivity index (χ3n) is 3.11. The number of aromatic nitrogens is 1. The third kappa shape index (κ3) is 2.98. The van der Waals surface area contributed by atoms with Crippen molar-refractivity contribution in [2.45, 2.75) is 37.5 Å². The lowest BCUT2D eigenvalue weighted by molar-refractivity contribution is 0.0521. The smallest absolute Gasteiger partial charge is 0.360 e. The molecular formula is C12H18N2O2S2. The molecule has 1 saturated carbocycles. The summed E-state index contributed by atoms with van der Waals surface area (Å²) in [6.07, 6.45) is 5.79. The molecule has 1 aromatic heterocycles. The molecule has 0 radical (unpaired) electrons. The number of ether oxygens (including phenoxy) is 1. The van der Waals surface area contributed by atoms with Crippen LogP contribution < -0.4 is 5.32 Å². The summed E-state index contributed by atoms with van der Waals surface area (Å²) in [6, 6.07) is 0.439. The molecule has 6 heteroatoms. The standard InChI is InChI=1S/C12H18N2O2S2/c1-3-16-12(15)10-11(18-7-13-10)14-8-5-4-6-9(8)17-2/h7-9,14H,3-6H2,1-2H3. The van der Waals surface area contributed by atoms with E-state index in [0.29, 0.717) is 23.6 Å². The molecule has 2 rings (SSSR count). The first kappa shape index (κ1) is 13.7. The summed E-state index contributed by atoms with van der Waals surface area (Å²) in [7, 11) is 0. The van der Waals surface area contributed by atoms with E-state index in [1.54, 1.807) is 12.4 Å². The van der Waals surface area contributed by atoms with Crippen molar-refractivity contribution in [2.75, 3.05) is 18.2 Å². The largest absolute Gasteiger partial charge is 0.461 e. The van der Waals surface area contributed by atoms with Crippen molar-refractivity contribution in [3.63, 3.8) is 0 Å². The number of thioether (sulfide) groups is 1. The number of anilines is 1. The molecule has 0 saturated heterocycles. The van der Waals surface area contributed by atoms with Crippen LogP contribution in [-0.4, -0.2) is 35.1 Å². The summed E-state index contributed by atoms with van der Waals surface area (Å²) in [4.78, 5) is 15.8. The Morgan fingerprint density at radius 2 is 2.50 bits per heavy atom. The molecule has 100 valence electrons. The molecule has 1 aliphatic carbocycles. The van der Waals surface area contributed by atoms with Crippen molar-refractivity contribution in [3.8, 4) is 0 Å². The van der Waals surface area contributed by atoms with Crippen molar-refractivity contribution < 1.29 is 9.53 Å². The summed E-state index contributed by atoms with van der Waals surface area (Å²) in [6.45, 7) is 2.19. The van der Waals surface area contributed by atoms with Crippen LogP contribution in [0.3, 0.4) is 0 Å². The molecule has 1 fully saturated rings. The van der Waals surface area contributed by atoms with E-state index in [0.717, 1.165) is 11.4 Å². The summed E-state index contributed by atoms with van der Waals surface area (Å²) < 4.78 is 5.00. The zero-order valence-electron chi connectivity index (χ0n) is 10.6. The second-order valence-electron chi connectivity index (χ2n) is 4.21. The maximum absolute atomic E-state index is 11.7. The van der Waals surface area contributed by atoms with Gasteiger partial charge in [-0.15, -0.1) is 11.3 Å². The van der Waals surface area contributed by atoms with E-state index in [9.17, 15) is 4.79 Å². The Hall–Kier alpha value is -0.750. The number of hydrogen-bond acceptors (Lipinski definition) is 6. The molecule has 0 spiro atoms. The van der Waals surface area contributed by atoms with Gasteiger partial charge in [0.2, 0.25) is 0 Å². The molecule has 1 heterocycles. The zero-order valence-corrected chi connectivity index (χ0v) is 12.3. The first-order valence-electron chi connectivity index (χ1n) is 6.16. The fourth-order valence-electron chi connectivity index (χ4n) is 2.24. The topological polar surface area (TPSA) is 51.2 Å². The van der Waals surface area contributed by atoms with Gasteiger partial charge in [0.1, 0.15) is 5.00 Å². The van der Waals surface area contributed by atoms with Gasteiger partial charge in [-0.1, -0.05) is 6.42 Å². The molecule has 18 heavy (non-hydrogen) atoms. The van der Waals surface area contributed by atoms with E-state index in [1.807, 2.05) is 11.8 Å². The average molecular weight is 286 g/mol. The Kier molecular flexibility index (Phi) is 4.88. The van der Waals surface area contributed by atoms with E-state index in [-0.39, 0.29) is 5.97 Å². The fraction of sp³-hybridized carbons (Fsp3) is 0.667. The number of nitrogens with zero attached hydrogens (tertiary/aromatic N) is 1. The van der Waals surface area contributed by atoms with E-state index in [4.69, 9.17) is 4.74 Å². The lowest BCUT2D eigenvalue weighted by Gasteiger charge is -2.19. The van der Waals surface area contributed by atoms with Crippen LogP contribution in [0.4, 0.5) is 5.00 Å². The van der Waals surface area contributed by atoms with Crippen molar-refractivity contribution in [2.24, 2.45) is 0 Å². The van der Waals surface area contributed by atoms with Crippen molar-refractivity contribution in [1.29, 1.82) is 0 Å². The van der Waals surface area contributed by atoms with Gasteiger partial charge >= 0.3 is 5.97 Å². The first-order valence-corrected chi connectivity index (χ1v) is 8.33. The van der Waals surface area contributed by atoms with E-state index in [1.165, 1.54) is 24.2 Å². The SMILES string of the molecule is CCOC(=O)c1ncsc1NC1CCCC1SC. The minimum absolute atomic E-state index is 0.333. The van der Waals surface area contributed by atoms with Gasteiger partial charge in [0.25, 0.3) is 0 Å². The number of carbonyl (C=O) groups is 1. The van der Waals surface area contributed by atoms with Crippen molar-refractivity contribution >= 4 is 34.1 Å². The average Bonchev–Trinajstić information content (AvgIpc) is 2.98. The van der Waals surface area contributed by atoms with Gasteiger partial charge in [-0.3, -0.25) is 0 Å². The molecule has 1 aliphatic rings. The second-order valence-corrected chi connectivity index (χ2v) is 6.14. The Bertz CT molecular complexity index is 409. The number of rotatable bonds is 5. The zero-order chi connectivity index (χ0) is 13.0. The fourth-order valence-corrected chi connectivity index (χ4v) is 3.90. The maximum atomic E-state index is 11.7. The van der Waals surface area contributed by atoms with Crippen molar-refractivity contribution in [1.82, 2.24) is 4.98 Å². The van der Waals surface area contributed by atoms with E-state index >= 15 is 0 Å². The molecule has 2 unspecified atom stereocenters. The quantitative estimate of drug-likeness (QED) is 0.843. The van der Waals surface area contributed by atoms with Crippen LogP contribution >= 0.6 is 23.1 Å². The van der Waals surface area contributed by atoms with Gasteiger partial charge in [-0.25, -0.2) is 9.78 Å². The van der Waals surface area contributed by atoms with Gasteiger partial charge in [-0.05, 0) is 26.0 Å². The summed E-state index contributed by atoms with van der Waals surface area (Å²) in [5, 5.41) is 4.94. The Labute approximate surface area is 116 Å². The van der Waals surface area contributed by atoms with Crippen LogP contribution in [-0.2, 0) is 4.74 Å². The highest BCUT2D eigenvalue weighted by atomic mass is 32.2. The molecule has 0 aromatic carbocycles. The molecule has 1 aromatic rings. The van der Waals surface area contributed by atoms with Crippen LogP contribution in [0.15, 0.2) is 5.51 Å². The first-order chi connectivity index (χ1) is 8.76. The van der Waals surface area contributed by atoms with Gasteiger partial charge in [0.15, 0.2) is 5.69 Å². The Morgan fingerprint density at radius 1 is 1.67 bits per heavy atom. The molecular weight excluding hydrogens is 268 g/mol. The van der Waals surface area contributed by atoms with Crippen LogP contribution in [0.2, 0.25) is 0 Å². The number of carbonyl (C=O) groups excluding carboxylic acids is 1. The minimum Gasteiger partial charge on any atom is -0.461 e. The van der Waals surface area contributed by atoms with Crippen LogP contribution in [0.25, 0.3) is 0 Å². The van der Waals surface area contributed by atoms with Gasteiger partial charge in [0.05, 0.1) is 12.1 Å². The molecule has 4 nitrogen and oxygen atoms in total. The second kappa shape index (κ2) is 6.43. The number of nitrogens with one attached hydrogen (secondary N) is 1. The van der Waals surface area contributed by atoms with E-state index < -0.39 is 0 Å². The molecule has 2 atom stereocenters. The normalized spacial score (nSPS) is 23.0. The van der Waals surface area contributed by atoms with E-state index in [2.05, 4.69) is 16.6 Å². The Balaban J connectivity index is 2.05. The highest BCUT2D eigenvalue weighted by Crippen LogP contribution is 2.32. The van der Waals surface area contributed by atoms with Crippen LogP contribution in [0.5, 0.6) is 0 Å². The third-order valence-corrected chi connectivity index (χ3v) is 5.04. The number of hydrogen-bond donors (Lipinski definition) is 1. The number of thiazole rings is 1. The predicted molar refractivity (Wildman–Crippen MR) is 76.6 cm³/mol. The van der Waals surface area contributed by atoms with Gasteiger partial charge in [0, 0.05) is 11.3 Å². The summed E-state index contributed by atoms with van der Waals surface area (Å²) >= 11 is 3.36. The van der Waals surface area contributed by atoms with Crippen LogP contribution in [0, 0.1) is 0 Å². The highest BCUT2D eigenvalue weighted by Gasteiger charge is 2.28. The molecule has 0 bridgehead atoms. The van der Waals surface area contributed by atoms with Gasteiger partial charge in [-0.2, -0.15) is 11.8 Å². The van der Waals surface area contributed by atoms with Crippen molar-refractivity contribution in [3.05, 3.63) is 11.2 Å². The lowest BCUT2D eigenvalue weighted by atomic mass is 10.2. The molecule has 1 N–H and O–H groups in total. The summed E-state index contributed by atoms with van der Waals surface area (Å²) in [5.74, 6) is -0.333. The molecule has 0 amide bonds.